The van der Waals surface area contributed by atoms with E-state index in [1.807, 2.05) is 6.92 Å². The molecule has 1 aliphatic rings. The number of carbonyl (C=O) groups excluding carboxylic acids is 1. The van der Waals surface area contributed by atoms with Crippen molar-refractivity contribution in [3.8, 4) is 5.75 Å². The third kappa shape index (κ3) is 3.49. The Balaban J connectivity index is 1.92. The van der Waals surface area contributed by atoms with Gasteiger partial charge in [0.05, 0.1) is 12.7 Å². The molecule has 1 saturated carbocycles. The van der Waals surface area contributed by atoms with Crippen LogP contribution < -0.4 is 10.1 Å². The van der Waals surface area contributed by atoms with Crippen LogP contribution in [0.4, 0.5) is 0 Å². The van der Waals surface area contributed by atoms with Crippen molar-refractivity contribution in [3.05, 3.63) is 29.8 Å². The van der Waals surface area contributed by atoms with Gasteiger partial charge in [0.15, 0.2) is 0 Å². The molecule has 5 nitrogen and oxygen atoms in total. The van der Waals surface area contributed by atoms with Gasteiger partial charge >= 0.3 is 0 Å². The summed E-state index contributed by atoms with van der Waals surface area (Å²) < 4.78 is 5.32. The summed E-state index contributed by atoms with van der Waals surface area (Å²) in [6.07, 6.45) is 0.569. The Labute approximate surface area is 118 Å². The summed E-state index contributed by atoms with van der Waals surface area (Å²) in [6, 6.07) is 6.88. The van der Waals surface area contributed by atoms with E-state index >= 15 is 0 Å². The zero-order valence-electron chi connectivity index (χ0n) is 11.6. The van der Waals surface area contributed by atoms with Crippen molar-refractivity contribution < 1.29 is 19.7 Å². The van der Waals surface area contributed by atoms with Gasteiger partial charge in [-0.25, -0.2) is 0 Å². The van der Waals surface area contributed by atoms with E-state index in [1.165, 1.54) is 0 Å². The van der Waals surface area contributed by atoms with Crippen LogP contribution in [0.25, 0.3) is 0 Å². The van der Waals surface area contributed by atoms with Gasteiger partial charge < -0.3 is 20.3 Å². The molecule has 1 aromatic carbocycles. The van der Waals surface area contributed by atoms with E-state index in [-0.39, 0.29) is 24.5 Å². The summed E-state index contributed by atoms with van der Waals surface area (Å²) in [6.45, 7) is 2.45. The Morgan fingerprint density at radius 3 is 2.60 bits per heavy atom. The van der Waals surface area contributed by atoms with Crippen LogP contribution >= 0.6 is 0 Å². The van der Waals surface area contributed by atoms with E-state index in [0.29, 0.717) is 25.0 Å². The summed E-state index contributed by atoms with van der Waals surface area (Å²) in [5, 5.41) is 21.7. The molecular formula is C15H21NO4. The second kappa shape index (κ2) is 6.72. The monoisotopic (exact) mass is 279 g/mol. The van der Waals surface area contributed by atoms with Gasteiger partial charge in [-0.05, 0) is 44.0 Å². The lowest BCUT2D eigenvalue weighted by molar-refractivity contribution is 0.0903. The van der Waals surface area contributed by atoms with Crippen LogP contribution in [0.2, 0.25) is 0 Å². The minimum absolute atomic E-state index is 0.0450. The Bertz CT molecular complexity index is 446. The predicted octanol–water partition coefficient (Wildman–Crippen LogP) is 0.947. The number of aliphatic hydroxyl groups excluding tert-OH is 2. The lowest BCUT2D eigenvalue weighted by Gasteiger charge is -2.12. The topological polar surface area (TPSA) is 78.8 Å². The highest BCUT2D eigenvalue weighted by molar-refractivity contribution is 5.94. The Kier molecular flexibility index (Phi) is 4.98. The van der Waals surface area contributed by atoms with E-state index in [1.54, 1.807) is 24.3 Å². The van der Waals surface area contributed by atoms with Gasteiger partial charge in [-0.3, -0.25) is 4.79 Å². The van der Waals surface area contributed by atoms with E-state index in [0.717, 1.165) is 5.75 Å². The first-order valence-corrected chi connectivity index (χ1v) is 6.96. The van der Waals surface area contributed by atoms with E-state index in [4.69, 9.17) is 9.84 Å². The predicted molar refractivity (Wildman–Crippen MR) is 74.7 cm³/mol. The van der Waals surface area contributed by atoms with Crippen molar-refractivity contribution in [2.24, 2.45) is 5.92 Å². The summed E-state index contributed by atoms with van der Waals surface area (Å²) in [4.78, 5) is 12.1. The fourth-order valence-corrected chi connectivity index (χ4v) is 2.55. The van der Waals surface area contributed by atoms with Crippen LogP contribution in [0.5, 0.6) is 5.75 Å². The maximum absolute atomic E-state index is 12.1. The van der Waals surface area contributed by atoms with Crippen LogP contribution in [0.1, 0.15) is 30.1 Å². The Morgan fingerprint density at radius 1 is 1.35 bits per heavy atom. The average Bonchev–Trinajstić information content (AvgIpc) is 2.80. The molecule has 1 amide bonds. The summed E-state index contributed by atoms with van der Waals surface area (Å²) in [5.41, 5.74) is 0.565. The van der Waals surface area contributed by atoms with Crippen LogP contribution in [0.15, 0.2) is 24.3 Å². The van der Waals surface area contributed by atoms with Crippen molar-refractivity contribution in [2.75, 3.05) is 13.2 Å². The number of rotatable bonds is 5. The third-order valence-corrected chi connectivity index (χ3v) is 3.65. The van der Waals surface area contributed by atoms with Crippen molar-refractivity contribution in [3.63, 3.8) is 0 Å². The molecule has 3 atom stereocenters. The van der Waals surface area contributed by atoms with Gasteiger partial charge in [0.2, 0.25) is 0 Å². The smallest absolute Gasteiger partial charge is 0.251 e. The minimum Gasteiger partial charge on any atom is -0.494 e. The molecule has 0 radical (unpaired) electrons. The second-order valence-corrected chi connectivity index (χ2v) is 5.11. The van der Waals surface area contributed by atoms with Crippen LogP contribution in [0.3, 0.4) is 0 Å². The average molecular weight is 279 g/mol. The van der Waals surface area contributed by atoms with Crippen LogP contribution in [-0.4, -0.2) is 41.5 Å². The van der Waals surface area contributed by atoms with Gasteiger partial charge in [0.25, 0.3) is 5.91 Å². The maximum atomic E-state index is 12.1. The first kappa shape index (κ1) is 14.8. The number of hydrogen-bond acceptors (Lipinski definition) is 4. The summed E-state index contributed by atoms with van der Waals surface area (Å²) in [5.74, 6) is 0.435. The third-order valence-electron chi connectivity index (χ3n) is 3.65. The molecule has 0 aromatic heterocycles. The lowest BCUT2D eigenvalue weighted by Crippen LogP contribution is -2.33. The fourth-order valence-electron chi connectivity index (χ4n) is 2.55. The maximum Gasteiger partial charge on any atom is 0.251 e. The Morgan fingerprint density at radius 2 is 2.05 bits per heavy atom. The highest BCUT2D eigenvalue weighted by Crippen LogP contribution is 2.26. The molecule has 5 heteroatoms. The molecule has 0 spiro atoms. The molecule has 0 aliphatic heterocycles. The standard InChI is InChI=1S/C15H21NO4/c1-2-20-13-5-3-10(4-6-13)15(19)16-12-7-11(9-17)14(18)8-12/h3-6,11-12,14,17-18H,2,7-9H2,1H3,(H,16,19)/t11-,12+,14+/m0/s1. The Hall–Kier alpha value is -1.59. The van der Waals surface area contributed by atoms with Crippen molar-refractivity contribution in [2.45, 2.75) is 31.9 Å². The highest BCUT2D eigenvalue weighted by Gasteiger charge is 2.33. The number of hydrogen-bond donors (Lipinski definition) is 3. The number of amides is 1. The molecule has 110 valence electrons. The molecule has 0 saturated heterocycles. The molecule has 3 N–H and O–H groups in total. The summed E-state index contributed by atoms with van der Waals surface area (Å²) in [7, 11) is 0. The normalized spacial score (nSPS) is 25.4. The number of ether oxygens (including phenoxy) is 1. The SMILES string of the molecule is CCOc1ccc(C(=O)N[C@@H]2C[C@@H](CO)[C@H](O)C2)cc1. The molecular weight excluding hydrogens is 258 g/mol. The number of nitrogens with one attached hydrogen (secondary N) is 1. The highest BCUT2D eigenvalue weighted by atomic mass is 16.5. The molecule has 1 fully saturated rings. The second-order valence-electron chi connectivity index (χ2n) is 5.11. The number of carbonyl (C=O) groups is 1. The van der Waals surface area contributed by atoms with Gasteiger partial charge in [-0.1, -0.05) is 0 Å². The van der Waals surface area contributed by atoms with Gasteiger partial charge in [-0.2, -0.15) is 0 Å². The lowest BCUT2D eigenvalue weighted by atomic mass is 10.1. The van der Waals surface area contributed by atoms with Crippen LogP contribution in [0, 0.1) is 5.92 Å². The van der Waals surface area contributed by atoms with Crippen molar-refractivity contribution >= 4 is 5.91 Å². The molecule has 1 aliphatic carbocycles. The van der Waals surface area contributed by atoms with Crippen molar-refractivity contribution in [1.29, 1.82) is 0 Å². The molecule has 1 aromatic rings. The summed E-state index contributed by atoms with van der Waals surface area (Å²) >= 11 is 0. The number of aliphatic hydroxyl groups is 2. The molecule has 0 bridgehead atoms. The molecule has 0 unspecified atom stereocenters. The zero-order valence-corrected chi connectivity index (χ0v) is 11.6. The van der Waals surface area contributed by atoms with E-state index in [9.17, 15) is 9.90 Å². The minimum atomic E-state index is -0.536. The largest absolute Gasteiger partial charge is 0.494 e. The van der Waals surface area contributed by atoms with E-state index < -0.39 is 6.10 Å². The molecule has 2 rings (SSSR count). The first-order chi connectivity index (χ1) is 9.63. The molecule has 20 heavy (non-hydrogen) atoms. The zero-order chi connectivity index (χ0) is 14.5. The van der Waals surface area contributed by atoms with Crippen LogP contribution in [-0.2, 0) is 0 Å². The first-order valence-electron chi connectivity index (χ1n) is 6.96. The van der Waals surface area contributed by atoms with E-state index in [2.05, 4.69) is 5.32 Å². The number of benzene rings is 1. The quantitative estimate of drug-likeness (QED) is 0.749. The van der Waals surface area contributed by atoms with Gasteiger partial charge in [0.1, 0.15) is 5.75 Å². The van der Waals surface area contributed by atoms with Gasteiger partial charge in [0, 0.05) is 24.1 Å². The van der Waals surface area contributed by atoms with Gasteiger partial charge in [-0.15, -0.1) is 0 Å². The van der Waals surface area contributed by atoms with Crippen molar-refractivity contribution in [1.82, 2.24) is 5.32 Å². The fraction of sp³-hybridized carbons (Fsp3) is 0.533. The molecule has 0 heterocycles.